The lowest BCUT2D eigenvalue weighted by molar-refractivity contribution is 0.181. The highest BCUT2D eigenvalue weighted by molar-refractivity contribution is 5.65. The standard InChI is InChI=1S/C12H19N3O2/c1-12(2,15-11(16)17)8-14-7-9-3-5-10(13)6-4-9/h3-6,14-15H,7-8,13H2,1-2H3,(H,16,17). The molecule has 0 aromatic heterocycles. The average molecular weight is 237 g/mol. The molecular weight excluding hydrogens is 218 g/mol. The van der Waals surface area contributed by atoms with E-state index in [1.165, 1.54) is 0 Å². The van der Waals surface area contributed by atoms with Crippen LogP contribution in [0.5, 0.6) is 0 Å². The molecule has 0 saturated heterocycles. The van der Waals surface area contributed by atoms with E-state index in [4.69, 9.17) is 10.8 Å². The van der Waals surface area contributed by atoms with Crippen molar-refractivity contribution in [2.24, 2.45) is 0 Å². The predicted octanol–water partition coefficient (Wildman–Crippen LogP) is 1.40. The molecule has 0 fully saturated rings. The Morgan fingerprint density at radius 2 is 1.94 bits per heavy atom. The van der Waals surface area contributed by atoms with E-state index >= 15 is 0 Å². The van der Waals surface area contributed by atoms with Crippen LogP contribution in [0.3, 0.4) is 0 Å². The van der Waals surface area contributed by atoms with Crippen molar-refractivity contribution in [1.82, 2.24) is 10.6 Å². The van der Waals surface area contributed by atoms with Gasteiger partial charge in [-0.2, -0.15) is 0 Å². The number of hydrogen-bond acceptors (Lipinski definition) is 3. The van der Waals surface area contributed by atoms with Crippen molar-refractivity contribution in [3.05, 3.63) is 29.8 Å². The Morgan fingerprint density at radius 1 is 1.35 bits per heavy atom. The van der Waals surface area contributed by atoms with Gasteiger partial charge in [0.05, 0.1) is 5.54 Å². The zero-order valence-corrected chi connectivity index (χ0v) is 10.2. The first-order chi connectivity index (χ1) is 7.89. The molecule has 0 unspecified atom stereocenters. The molecule has 17 heavy (non-hydrogen) atoms. The van der Waals surface area contributed by atoms with Gasteiger partial charge in [0.25, 0.3) is 0 Å². The van der Waals surface area contributed by atoms with E-state index < -0.39 is 11.6 Å². The van der Waals surface area contributed by atoms with Crippen LogP contribution in [-0.2, 0) is 6.54 Å². The van der Waals surface area contributed by atoms with Crippen LogP contribution in [0.1, 0.15) is 19.4 Å². The van der Waals surface area contributed by atoms with Gasteiger partial charge in [-0.05, 0) is 31.5 Å². The molecule has 0 atom stereocenters. The minimum atomic E-state index is -1.01. The highest BCUT2D eigenvalue weighted by Crippen LogP contribution is 2.06. The molecule has 94 valence electrons. The van der Waals surface area contributed by atoms with Crippen molar-refractivity contribution < 1.29 is 9.90 Å². The number of carbonyl (C=O) groups is 1. The first-order valence-electron chi connectivity index (χ1n) is 5.45. The molecule has 0 radical (unpaired) electrons. The van der Waals surface area contributed by atoms with E-state index in [1.54, 1.807) is 0 Å². The van der Waals surface area contributed by atoms with Gasteiger partial charge in [0.1, 0.15) is 0 Å². The van der Waals surface area contributed by atoms with Gasteiger partial charge in [0.2, 0.25) is 0 Å². The Labute approximate surface area is 101 Å². The van der Waals surface area contributed by atoms with Gasteiger partial charge in [-0.25, -0.2) is 4.79 Å². The van der Waals surface area contributed by atoms with Gasteiger partial charge in [-0.3, -0.25) is 0 Å². The number of nitrogen functional groups attached to an aromatic ring is 1. The number of nitrogens with two attached hydrogens (primary N) is 1. The molecule has 0 aliphatic carbocycles. The second-order valence-electron chi connectivity index (χ2n) is 4.66. The largest absolute Gasteiger partial charge is 0.465 e. The Morgan fingerprint density at radius 3 is 2.47 bits per heavy atom. The van der Waals surface area contributed by atoms with E-state index in [0.717, 1.165) is 11.3 Å². The molecule has 5 heteroatoms. The lowest BCUT2D eigenvalue weighted by Crippen LogP contribution is -2.49. The van der Waals surface area contributed by atoms with Crippen molar-refractivity contribution in [1.29, 1.82) is 0 Å². The van der Waals surface area contributed by atoms with Crippen molar-refractivity contribution in [3.8, 4) is 0 Å². The molecule has 1 amide bonds. The molecule has 0 aliphatic heterocycles. The molecule has 1 aromatic carbocycles. The summed E-state index contributed by atoms with van der Waals surface area (Å²) >= 11 is 0. The molecule has 1 rings (SSSR count). The third-order valence-electron chi connectivity index (χ3n) is 2.32. The molecule has 0 bridgehead atoms. The normalized spacial score (nSPS) is 11.2. The average Bonchev–Trinajstić information content (AvgIpc) is 2.18. The second-order valence-corrected chi connectivity index (χ2v) is 4.66. The first kappa shape index (κ1) is 13.3. The fourth-order valence-electron chi connectivity index (χ4n) is 1.49. The van der Waals surface area contributed by atoms with Gasteiger partial charge in [0, 0.05) is 18.8 Å². The summed E-state index contributed by atoms with van der Waals surface area (Å²) in [5, 5.41) is 14.3. The van der Waals surface area contributed by atoms with E-state index in [0.29, 0.717) is 13.1 Å². The summed E-state index contributed by atoms with van der Waals surface area (Å²) in [6, 6.07) is 7.58. The monoisotopic (exact) mass is 237 g/mol. The first-order valence-corrected chi connectivity index (χ1v) is 5.45. The SMILES string of the molecule is CC(C)(CNCc1ccc(N)cc1)NC(=O)O. The van der Waals surface area contributed by atoms with E-state index in [9.17, 15) is 4.79 Å². The zero-order chi connectivity index (χ0) is 12.9. The predicted molar refractivity (Wildman–Crippen MR) is 67.8 cm³/mol. The second kappa shape index (κ2) is 5.54. The van der Waals surface area contributed by atoms with Crippen molar-refractivity contribution in [2.45, 2.75) is 25.9 Å². The van der Waals surface area contributed by atoms with Crippen LogP contribution < -0.4 is 16.4 Å². The maximum atomic E-state index is 10.5. The number of benzene rings is 1. The van der Waals surface area contributed by atoms with Crippen LogP contribution in [0.2, 0.25) is 0 Å². The fraction of sp³-hybridized carbons (Fsp3) is 0.417. The number of amides is 1. The molecule has 0 heterocycles. The highest BCUT2D eigenvalue weighted by atomic mass is 16.4. The number of anilines is 1. The summed E-state index contributed by atoms with van der Waals surface area (Å²) in [5.41, 5.74) is 6.95. The number of carboxylic acid groups (broad SMARTS) is 1. The molecule has 0 spiro atoms. The summed E-state index contributed by atoms with van der Waals surface area (Å²) in [4.78, 5) is 10.5. The molecule has 5 N–H and O–H groups in total. The molecule has 0 aliphatic rings. The third kappa shape index (κ3) is 5.21. The molecule has 1 aromatic rings. The third-order valence-corrected chi connectivity index (χ3v) is 2.32. The van der Waals surface area contributed by atoms with Crippen LogP contribution in [0, 0.1) is 0 Å². The van der Waals surface area contributed by atoms with Crippen LogP contribution in [0.25, 0.3) is 0 Å². The van der Waals surface area contributed by atoms with Crippen LogP contribution in [-0.4, -0.2) is 23.3 Å². The minimum absolute atomic E-state index is 0.486. The molecule has 5 nitrogen and oxygen atoms in total. The summed E-state index contributed by atoms with van der Waals surface area (Å²) < 4.78 is 0. The van der Waals surface area contributed by atoms with Crippen molar-refractivity contribution in [2.75, 3.05) is 12.3 Å². The summed E-state index contributed by atoms with van der Waals surface area (Å²) in [5.74, 6) is 0. The zero-order valence-electron chi connectivity index (χ0n) is 10.2. The molecular formula is C12H19N3O2. The van der Waals surface area contributed by atoms with Crippen LogP contribution in [0.4, 0.5) is 10.5 Å². The fourth-order valence-corrected chi connectivity index (χ4v) is 1.49. The Balaban J connectivity index is 2.37. The van der Waals surface area contributed by atoms with Gasteiger partial charge in [-0.1, -0.05) is 12.1 Å². The van der Waals surface area contributed by atoms with Gasteiger partial charge >= 0.3 is 6.09 Å². The maximum absolute atomic E-state index is 10.5. The van der Waals surface area contributed by atoms with Crippen LogP contribution >= 0.6 is 0 Å². The number of hydrogen-bond donors (Lipinski definition) is 4. The topological polar surface area (TPSA) is 87.4 Å². The highest BCUT2D eigenvalue weighted by Gasteiger charge is 2.18. The molecule has 0 saturated carbocycles. The Bertz CT molecular complexity index is 374. The van der Waals surface area contributed by atoms with Crippen molar-refractivity contribution >= 4 is 11.8 Å². The van der Waals surface area contributed by atoms with E-state index in [-0.39, 0.29) is 0 Å². The Hall–Kier alpha value is -1.75. The smallest absolute Gasteiger partial charge is 0.405 e. The van der Waals surface area contributed by atoms with Gasteiger partial charge in [0.15, 0.2) is 0 Å². The van der Waals surface area contributed by atoms with Crippen molar-refractivity contribution in [3.63, 3.8) is 0 Å². The van der Waals surface area contributed by atoms with E-state index in [2.05, 4.69) is 10.6 Å². The quantitative estimate of drug-likeness (QED) is 0.583. The number of nitrogens with one attached hydrogen (secondary N) is 2. The summed E-state index contributed by atoms with van der Waals surface area (Å²) in [7, 11) is 0. The summed E-state index contributed by atoms with van der Waals surface area (Å²) in [6.45, 7) is 4.91. The van der Waals surface area contributed by atoms with Gasteiger partial charge < -0.3 is 21.5 Å². The van der Waals surface area contributed by atoms with Crippen LogP contribution in [0.15, 0.2) is 24.3 Å². The lowest BCUT2D eigenvalue weighted by Gasteiger charge is -2.24. The lowest BCUT2D eigenvalue weighted by atomic mass is 10.1. The van der Waals surface area contributed by atoms with E-state index in [1.807, 2.05) is 38.1 Å². The Kier molecular flexibility index (Phi) is 4.34. The number of rotatable bonds is 5. The minimum Gasteiger partial charge on any atom is -0.465 e. The maximum Gasteiger partial charge on any atom is 0.405 e. The van der Waals surface area contributed by atoms with Gasteiger partial charge in [-0.15, -0.1) is 0 Å². The summed E-state index contributed by atoms with van der Waals surface area (Å²) in [6.07, 6.45) is -1.01.